The third-order valence-electron chi connectivity index (χ3n) is 7.23. The minimum absolute atomic E-state index is 0.0146. The Morgan fingerprint density at radius 1 is 1.21 bits per heavy atom. The van der Waals surface area contributed by atoms with Crippen LogP contribution in [0.3, 0.4) is 0 Å². The molecule has 5 rings (SSSR count). The third-order valence-corrected chi connectivity index (χ3v) is 7.23. The molecule has 200 valence electrons. The molecule has 1 fully saturated rings. The van der Waals surface area contributed by atoms with Gasteiger partial charge in [0.2, 0.25) is 5.91 Å². The Labute approximate surface area is 216 Å². The lowest BCUT2D eigenvalue weighted by atomic mass is 9.76. The number of aromatic nitrogens is 3. The highest BCUT2D eigenvalue weighted by molar-refractivity contribution is 6.04. The maximum atomic E-state index is 14.9. The molecule has 2 atom stereocenters. The number of likely N-dealkylation sites (tertiary alicyclic amines) is 1. The second kappa shape index (κ2) is 9.19. The van der Waals surface area contributed by atoms with E-state index in [1.54, 1.807) is 13.8 Å². The van der Waals surface area contributed by atoms with Gasteiger partial charge in [-0.25, -0.2) is 14.4 Å². The van der Waals surface area contributed by atoms with Crippen LogP contribution < -0.4 is 10.2 Å². The van der Waals surface area contributed by atoms with Crippen LogP contribution in [0.5, 0.6) is 5.75 Å². The number of benzene rings is 1. The number of aryl methyl sites for hydroxylation is 1. The normalized spacial score (nSPS) is 20.6. The van der Waals surface area contributed by atoms with Crippen molar-refractivity contribution in [2.45, 2.75) is 44.4 Å². The van der Waals surface area contributed by atoms with Crippen molar-refractivity contribution in [1.82, 2.24) is 19.9 Å². The van der Waals surface area contributed by atoms with E-state index in [4.69, 9.17) is 0 Å². The number of nitrogens with zero attached hydrogens (tertiary/aromatic N) is 5. The zero-order valence-corrected chi connectivity index (χ0v) is 21.0. The van der Waals surface area contributed by atoms with Crippen molar-refractivity contribution in [3.05, 3.63) is 70.7 Å². The monoisotopic (exact) mass is 530 g/mol. The van der Waals surface area contributed by atoms with Crippen molar-refractivity contribution >= 4 is 17.4 Å². The second-order valence-corrected chi connectivity index (χ2v) is 9.84. The Bertz CT molecular complexity index is 1410. The Morgan fingerprint density at radius 3 is 2.63 bits per heavy atom. The van der Waals surface area contributed by atoms with Gasteiger partial charge in [0.15, 0.2) is 0 Å². The Hall–Kier alpha value is -3.80. The summed E-state index contributed by atoms with van der Waals surface area (Å²) >= 11 is 0. The molecule has 3 aromatic rings. The van der Waals surface area contributed by atoms with Crippen LogP contribution in [0.15, 0.2) is 36.7 Å². The summed E-state index contributed by atoms with van der Waals surface area (Å²) in [5, 5.41) is 13.6. The number of likely N-dealkylation sites (N-methyl/N-ethyl adjacent to an activating group) is 1. The molecule has 1 aromatic carbocycles. The van der Waals surface area contributed by atoms with E-state index in [1.807, 2.05) is 11.9 Å². The SMILES string of the molecule is Cc1nc(N[C@H](C)c2cccc(C(F)(F)F)c2F)c2c(n1)C1(CCN(C)C1)C(=O)N(c1cnccc1O)C2. The quantitative estimate of drug-likeness (QED) is 0.485. The summed E-state index contributed by atoms with van der Waals surface area (Å²) in [7, 11) is 1.90. The highest BCUT2D eigenvalue weighted by atomic mass is 19.4. The molecule has 4 heterocycles. The fourth-order valence-electron chi connectivity index (χ4n) is 5.39. The van der Waals surface area contributed by atoms with Crippen LogP contribution in [-0.4, -0.2) is 51.0 Å². The molecule has 2 aromatic heterocycles. The van der Waals surface area contributed by atoms with Gasteiger partial charge >= 0.3 is 6.18 Å². The van der Waals surface area contributed by atoms with Crippen LogP contribution in [-0.2, 0) is 22.9 Å². The van der Waals surface area contributed by atoms with Crippen LogP contribution in [0.4, 0.5) is 29.1 Å². The van der Waals surface area contributed by atoms with Crippen molar-refractivity contribution in [3.63, 3.8) is 0 Å². The number of halogens is 4. The summed E-state index contributed by atoms with van der Waals surface area (Å²) in [5.74, 6) is -1.07. The zero-order chi connectivity index (χ0) is 27.4. The molecule has 1 spiro atoms. The fraction of sp³-hybridized carbons (Fsp3) is 0.385. The van der Waals surface area contributed by atoms with Gasteiger partial charge in [-0.1, -0.05) is 12.1 Å². The molecule has 0 radical (unpaired) electrons. The summed E-state index contributed by atoms with van der Waals surface area (Å²) < 4.78 is 54.9. The predicted molar refractivity (Wildman–Crippen MR) is 131 cm³/mol. The number of pyridine rings is 1. The summed E-state index contributed by atoms with van der Waals surface area (Å²) in [6.45, 7) is 4.20. The van der Waals surface area contributed by atoms with Crippen LogP contribution in [0.25, 0.3) is 0 Å². The van der Waals surface area contributed by atoms with Crippen molar-refractivity contribution < 1.29 is 27.5 Å². The molecule has 2 aliphatic heterocycles. The maximum Gasteiger partial charge on any atom is 0.419 e. The molecule has 2 N–H and O–H groups in total. The minimum atomic E-state index is -4.84. The predicted octanol–water partition coefficient (Wildman–Crippen LogP) is 4.34. The molecular formula is C26H26F4N6O2. The van der Waals surface area contributed by atoms with Gasteiger partial charge in [-0.15, -0.1) is 0 Å². The molecule has 1 amide bonds. The molecule has 38 heavy (non-hydrogen) atoms. The molecule has 0 bridgehead atoms. The van der Waals surface area contributed by atoms with Crippen molar-refractivity contribution in [1.29, 1.82) is 0 Å². The van der Waals surface area contributed by atoms with Crippen molar-refractivity contribution in [2.24, 2.45) is 0 Å². The first kappa shape index (κ1) is 25.8. The summed E-state index contributed by atoms with van der Waals surface area (Å²) in [6, 6.07) is 3.64. The lowest BCUT2D eigenvalue weighted by Gasteiger charge is -2.40. The lowest BCUT2D eigenvalue weighted by Crippen LogP contribution is -2.53. The Kier molecular flexibility index (Phi) is 6.25. The van der Waals surface area contributed by atoms with Gasteiger partial charge in [-0.3, -0.25) is 9.78 Å². The number of alkyl halides is 3. The molecule has 2 aliphatic rings. The van der Waals surface area contributed by atoms with E-state index >= 15 is 0 Å². The number of anilines is 2. The largest absolute Gasteiger partial charge is 0.506 e. The van der Waals surface area contributed by atoms with Crippen molar-refractivity contribution in [3.8, 4) is 5.75 Å². The highest BCUT2D eigenvalue weighted by Gasteiger charge is 2.53. The van der Waals surface area contributed by atoms with E-state index in [2.05, 4.69) is 20.3 Å². The van der Waals surface area contributed by atoms with Gasteiger partial charge in [0.1, 0.15) is 34.3 Å². The number of hydrogen-bond donors (Lipinski definition) is 2. The van der Waals surface area contributed by atoms with Crippen LogP contribution in [0.1, 0.15) is 47.6 Å². The number of nitrogens with one attached hydrogen (secondary N) is 1. The molecule has 12 heteroatoms. The smallest absolute Gasteiger partial charge is 0.419 e. The molecular weight excluding hydrogens is 504 g/mol. The van der Waals surface area contributed by atoms with E-state index in [-0.39, 0.29) is 35.3 Å². The first-order chi connectivity index (χ1) is 17.9. The number of hydrogen-bond acceptors (Lipinski definition) is 7. The average Bonchev–Trinajstić information content (AvgIpc) is 3.24. The maximum absolute atomic E-state index is 14.9. The molecule has 0 saturated carbocycles. The number of aromatic hydroxyl groups is 1. The van der Waals surface area contributed by atoms with Gasteiger partial charge in [-0.05, 0) is 39.9 Å². The van der Waals surface area contributed by atoms with Gasteiger partial charge in [0.05, 0.1) is 30.0 Å². The van der Waals surface area contributed by atoms with Crippen LogP contribution in [0, 0.1) is 12.7 Å². The minimum Gasteiger partial charge on any atom is -0.506 e. The van der Waals surface area contributed by atoms with Crippen molar-refractivity contribution in [2.75, 3.05) is 30.4 Å². The first-order valence-corrected chi connectivity index (χ1v) is 12.1. The fourth-order valence-corrected chi connectivity index (χ4v) is 5.39. The summed E-state index contributed by atoms with van der Waals surface area (Å²) in [5.41, 5.74) is -1.25. The molecule has 1 saturated heterocycles. The van der Waals surface area contributed by atoms with Gasteiger partial charge in [0, 0.05) is 29.9 Å². The van der Waals surface area contributed by atoms with E-state index in [0.717, 1.165) is 6.07 Å². The molecule has 8 nitrogen and oxygen atoms in total. The third kappa shape index (κ3) is 4.22. The van der Waals surface area contributed by atoms with Crippen LogP contribution >= 0.6 is 0 Å². The van der Waals surface area contributed by atoms with Gasteiger partial charge in [0.25, 0.3) is 0 Å². The summed E-state index contributed by atoms with van der Waals surface area (Å²) in [6.07, 6.45) is -1.56. The lowest BCUT2D eigenvalue weighted by molar-refractivity contribution is -0.140. The highest BCUT2D eigenvalue weighted by Crippen LogP contribution is 2.45. The number of carbonyl (C=O) groups excluding carboxylic acids is 1. The van der Waals surface area contributed by atoms with Gasteiger partial charge in [-0.2, -0.15) is 13.2 Å². The number of carbonyl (C=O) groups is 1. The van der Waals surface area contributed by atoms with E-state index in [1.165, 1.54) is 29.4 Å². The van der Waals surface area contributed by atoms with Crippen LogP contribution in [0.2, 0.25) is 0 Å². The average molecular weight is 531 g/mol. The Balaban J connectivity index is 1.62. The van der Waals surface area contributed by atoms with E-state index < -0.39 is 29.0 Å². The Morgan fingerprint density at radius 2 is 1.97 bits per heavy atom. The summed E-state index contributed by atoms with van der Waals surface area (Å²) in [4.78, 5) is 30.7. The van der Waals surface area contributed by atoms with E-state index in [0.29, 0.717) is 42.7 Å². The van der Waals surface area contributed by atoms with Gasteiger partial charge < -0.3 is 20.2 Å². The standard InChI is InChI=1S/C26H26F4N6O2/c1-14(16-5-4-6-18(21(16)27)26(28,29)30)32-23-17-12-36(19-11-31-9-7-20(19)37)24(38)25(8-10-35(3)13-25)22(17)33-15(2)34-23/h4-7,9,11,14H,8,10,12-13H2,1-3H3,(H,31,37)(H,32,33,34)/t14-,25?/m1/s1. The topological polar surface area (TPSA) is 94.5 Å². The van der Waals surface area contributed by atoms with E-state index in [9.17, 15) is 27.5 Å². The molecule has 0 aliphatic carbocycles. The number of amides is 1. The zero-order valence-electron chi connectivity index (χ0n) is 21.0. The first-order valence-electron chi connectivity index (χ1n) is 12.1. The number of fused-ring (bicyclic) bond motifs is 2. The molecule has 1 unspecified atom stereocenters. The second-order valence-electron chi connectivity index (χ2n) is 9.84. The number of rotatable bonds is 4.